The molecule has 1 heterocycles. The Morgan fingerprint density at radius 1 is 1.19 bits per heavy atom. The molecule has 2 aromatic rings. The Kier molecular flexibility index (Phi) is 3.95. The zero-order valence-corrected chi connectivity index (χ0v) is 12.6. The van der Waals surface area contributed by atoms with Crippen molar-refractivity contribution in [2.45, 2.75) is 26.1 Å². The Morgan fingerprint density at radius 3 is 2.81 bits per heavy atom. The molecule has 1 aliphatic heterocycles. The summed E-state index contributed by atoms with van der Waals surface area (Å²) in [6, 6.07) is 13.3. The molecule has 2 aromatic carbocycles. The van der Waals surface area contributed by atoms with E-state index in [1.807, 2.05) is 49.4 Å². The average Bonchev–Trinajstić information content (AvgIpc) is 2.94. The fourth-order valence-corrected chi connectivity index (χ4v) is 2.77. The molecule has 108 valence electrons. The molecule has 3 rings (SSSR count). The van der Waals surface area contributed by atoms with Crippen LogP contribution in [0.2, 0.25) is 5.02 Å². The lowest BCUT2D eigenvalue weighted by atomic mass is 10.0. The summed E-state index contributed by atoms with van der Waals surface area (Å²) >= 11 is 5.99. The van der Waals surface area contributed by atoms with E-state index in [1.165, 1.54) is 11.1 Å². The van der Waals surface area contributed by atoms with Crippen molar-refractivity contribution in [1.82, 2.24) is 10.6 Å². The molecule has 1 amide bonds. The third kappa shape index (κ3) is 3.09. The van der Waals surface area contributed by atoms with Gasteiger partial charge in [-0.15, -0.1) is 0 Å². The minimum Gasteiger partial charge on any atom is -0.346 e. The van der Waals surface area contributed by atoms with Crippen LogP contribution in [0.5, 0.6) is 0 Å². The number of fused-ring (bicyclic) bond motifs is 1. The number of hydrogen-bond acceptors (Lipinski definition) is 2. The lowest BCUT2D eigenvalue weighted by Gasteiger charge is -2.15. The van der Waals surface area contributed by atoms with E-state index >= 15 is 0 Å². The number of nitrogens with one attached hydrogen (secondary N) is 2. The summed E-state index contributed by atoms with van der Waals surface area (Å²) < 4.78 is 0. The Balaban J connectivity index is 1.74. The summed E-state index contributed by atoms with van der Waals surface area (Å²) in [7, 11) is 0. The van der Waals surface area contributed by atoms with Crippen molar-refractivity contribution in [3.8, 4) is 0 Å². The number of hydrogen-bond donors (Lipinski definition) is 2. The third-order valence-corrected chi connectivity index (χ3v) is 4.03. The summed E-state index contributed by atoms with van der Waals surface area (Å²) in [5.41, 5.74) is 4.18. The highest BCUT2D eigenvalue weighted by atomic mass is 35.5. The number of carbonyl (C=O) groups is 1. The van der Waals surface area contributed by atoms with E-state index in [0.29, 0.717) is 10.6 Å². The Hall–Kier alpha value is -1.84. The lowest BCUT2D eigenvalue weighted by Crippen LogP contribution is -2.26. The molecule has 1 atom stereocenters. The number of benzene rings is 2. The Morgan fingerprint density at radius 2 is 2.00 bits per heavy atom. The third-order valence-electron chi connectivity index (χ3n) is 3.80. The highest BCUT2D eigenvalue weighted by molar-refractivity contribution is 6.30. The van der Waals surface area contributed by atoms with E-state index in [9.17, 15) is 4.79 Å². The predicted molar refractivity (Wildman–Crippen MR) is 84.3 cm³/mol. The van der Waals surface area contributed by atoms with Crippen LogP contribution < -0.4 is 10.6 Å². The molecule has 0 aromatic heterocycles. The number of halogens is 1. The minimum atomic E-state index is -0.0809. The monoisotopic (exact) mass is 300 g/mol. The van der Waals surface area contributed by atoms with Gasteiger partial charge in [0, 0.05) is 23.7 Å². The van der Waals surface area contributed by atoms with E-state index in [-0.39, 0.29) is 11.9 Å². The zero-order valence-electron chi connectivity index (χ0n) is 11.8. The molecule has 0 spiro atoms. The summed E-state index contributed by atoms with van der Waals surface area (Å²) in [4.78, 5) is 12.3. The predicted octanol–water partition coefficient (Wildman–Crippen LogP) is 3.43. The van der Waals surface area contributed by atoms with Crippen LogP contribution in [0.25, 0.3) is 0 Å². The fraction of sp³-hybridized carbons (Fsp3) is 0.235. The fourth-order valence-electron chi connectivity index (χ4n) is 2.58. The first-order valence-corrected chi connectivity index (χ1v) is 7.40. The minimum absolute atomic E-state index is 0.0582. The van der Waals surface area contributed by atoms with Crippen molar-refractivity contribution >= 4 is 17.5 Å². The molecule has 0 radical (unpaired) electrons. The summed E-state index contributed by atoms with van der Waals surface area (Å²) in [6.07, 6.45) is 0. The van der Waals surface area contributed by atoms with E-state index in [2.05, 4.69) is 10.6 Å². The molecule has 2 N–H and O–H groups in total. The summed E-state index contributed by atoms with van der Waals surface area (Å²) in [5.74, 6) is -0.0582. The van der Waals surface area contributed by atoms with Gasteiger partial charge in [-0.25, -0.2) is 0 Å². The van der Waals surface area contributed by atoms with Crippen LogP contribution >= 0.6 is 11.6 Å². The van der Waals surface area contributed by atoms with E-state index < -0.39 is 0 Å². The van der Waals surface area contributed by atoms with Crippen LogP contribution in [0.15, 0.2) is 42.5 Å². The summed E-state index contributed by atoms with van der Waals surface area (Å²) in [6.45, 7) is 3.68. The van der Waals surface area contributed by atoms with Crippen LogP contribution in [-0.2, 0) is 13.1 Å². The van der Waals surface area contributed by atoms with Crippen LogP contribution in [0.1, 0.15) is 40.0 Å². The molecule has 1 aliphatic rings. The van der Waals surface area contributed by atoms with Crippen molar-refractivity contribution in [3.05, 3.63) is 69.7 Å². The maximum Gasteiger partial charge on any atom is 0.251 e. The number of amides is 1. The van der Waals surface area contributed by atoms with E-state index in [1.54, 1.807) is 0 Å². The Bertz CT molecular complexity index is 684. The number of rotatable bonds is 3. The van der Waals surface area contributed by atoms with E-state index in [4.69, 9.17) is 11.6 Å². The smallest absolute Gasteiger partial charge is 0.251 e. The maximum atomic E-state index is 12.3. The van der Waals surface area contributed by atoms with Gasteiger partial charge in [0.15, 0.2) is 0 Å². The standard InChI is InChI=1S/C17H17ClN2O/c1-11(12-3-2-4-16(18)8-12)20-17(21)13-5-6-14-9-19-10-15(14)7-13/h2-8,11,19H,9-10H2,1H3,(H,20,21)/t11-/m1/s1. The highest BCUT2D eigenvalue weighted by Gasteiger charge is 2.15. The quantitative estimate of drug-likeness (QED) is 0.912. The van der Waals surface area contributed by atoms with Crippen LogP contribution in [0, 0.1) is 0 Å². The number of carbonyl (C=O) groups excluding carboxylic acids is 1. The molecule has 21 heavy (non-hydrogen) atoms. The molecule has 0 unspecified atom stereocenters. The second-order valence-corrected chi connectivity index (χ2v) is 5.77. The van der Waals surface area contributed by atoms with Gasteiger partial charge < -0.3 is 10.6 Å². The van der Waals surface area contributed by atoms with Gasteiger partial charge in [0.25, 0.3) is 5.91 Å². The first-order chi connectivity index (χ1) is 10.1. The van der Waals surface area contributed by atoms with Crippen LogP contribution in [0.4, 0.5) is 0 Å². The van der Waals surface area contributed by atoms with Gasteiger partial charge >= 0.3 is 0 Å². The Labute approximate surface area is 129 Å². The first kappa shape index (κ1) is 14.1. The van der Waals surface area contributed by atoms with Gasteiger partial charge in [-0.05, 0) is 47.9 Å². The van der Waals surface area contributed by atoms with Crippen molar-refractivity contribution in [2.24, 2.45) is 0 Å². The molecule has 0 bridgehead atoms. The molecule has 0 saturated carbocycles. The lowest BCUT2D eigenvalue weighted by molar-refractivity contribution is 0.0940. The topological polar surface area (TPSA) is 41.1 Å². The summed E-state index contributed by atoms with van der Waals surface area (Å²) in [5, 5.41) is 6.97. The van der Waals surface area contributed by atoms with Gasteiger partial charge in [0.2, 0.25) is 0 Å². The molecule has 0 saturated heterocycles. The van der Waals surface area contributed by atoms with Crippen molar-refractivity contribution in [3.63, 3.8) is 0 Å². The molecule has 0 aliphatic carbocycles. The maximum absolute atomic E-state index is 12.3. The first-order valence-electron chi connectivity index (χ1n) is 7.02. The second kappa shape index (κ2) is 5.88. The van der Waals surface area contributed by atoms with Gasteiger partial charge in [-0.1, -0.05) is 29.8 Å². The molecule has 4 heteroatoms. The van der Waals surface area contributed by atoms with E-state index in [0.717, 1.165) is 18.7 Å². The molecular weight excluding hydrogens is 284 g/mol. The zero-order chi connectivity index (χ0) is 14.8. The average molecular weight is 301 g/mol. The second-order valence-electron chi connectivity index (χ2n) is 5.34. The SMILES string of the molecule is C[C@@H](NC(=O)c1ccc2c(c1)CNC2)c1cccc(Cl)c1. The van der Waals surface area contributed by atoms with Gasteiger partial charge in [0.05, 0.1) is 6.04 Å². The molecule has 3 nitrogen and oxygen atoms in total. The van der Waals surface area contributed by atoms with Crippen molar-refractivity contribution in [2.75, 3.05) is 0 Å². The van der Waals surface area contributed by atoms with Gasteiger partial charge in [0.1, 0.15) is 0 Å². The van der Waals surface area contributed by atoms with Gasteiger partial charge in [-0.2, -0.15) is 0 Å². The highest BCUT2D eigenvalue weighted by Crippen LogP contribution is 2.20. The van der Waals surface area contributed by atoms with Crippen molar-refractivity contribution < 1.29 is 4.79 Å². The molecule has 0 fully saturated rings. The normalized spacial score (nSPS) is 14.6. The van der Waals surface area contributed by atoms with Crippen molar-refractivity contribution in [1.29, 1.82) is 0 Å². The van der Waals surface area contributed by atoms with Crippen LogP contribution in [0.3, 0.4) is 0 Å². The van der Waals surface area contributed by atoms with Gasteiger partial charge in [-0.3, -0.25) is 4.79 Å². The largest absolute Gasteiger partial charge is 0.346 e. The van der Waals surface area contributed by atoms with Crippen LogP contribution in [-0.4, -0.2) is 5.91 Å². The molecular formula is C17H17ClN2O.